The zero-order valence-electron chi connectivity index (χ0n) is 14.3. The maximum Gasteiger partial charge on any atom is 0.247 e. The van der Waals surface area contributed by atoms with Crippen molar-refractivity contribution in [3.05, 3.63) is 65.0 Å². The molecule has 0 aliphatic carbocycles. The highest BCUT2D eigenvalue weighted by Crippen LogP contribution is 2.26. The third-order valence-corrected chi connectivity index (χ3v) is 4.31. The molecule has 0 bridgehead atoms. The molecular weight excluding hydrogens is 302 g/mol. The SMILES string of the molecule is CCC(C)CCNC(=O)C(c1ccccc1)N1C=CCC(N=O)=C1. The summed E-state index contributed by atoms with van der Waals surface area (Å²) in [7, 11) is 0. The van der Waals surface area contributed by atoms with Crippen LogP contribution in [0.25, 0.3) is 0 Å². The van der Waals surface area contributed by atoms with Gasteiger partial charge in [-0.25, -0.2) is 0 Å². The topological polar surface area (TPSA) is 61.8 Å². The average Bonchev–Trinajstić information content (AvgIpc) is 2.63. The molecule has 0 spiro atoms. The molecule has 0 aromatic heterocycles. The van der Waals surface area contributed by atoms with Crippen LogP contribution in [-0.4, -0.2) is 17.4 Å². The van der Waals surface area contributed by atoms with Crippen LogP contribution in [0.15, 0.2) is 59.7 Å². The van der Waals surface area contributed by atoms with Gasteiger partial charge in [-0.15, -0.1) is 4.91 Å². The van der Waals surface area contributed by atoms with E-state index in [0.29, 0.717) is 24.6 Å². The average molecular weight is 327 g/mol. The van der Waals surface area contributed by atoms with E-state index in [2.05, 4.69) is 24.3 Å². The molecule has 1 heterocycles. The highest BCUT2D eigenvalue weighted by molar-refractivity contribution is 5.83. The Kier molecular flexibility index (Phi) is 6.73. The normalized spacial score (nSPS) is 16.2. The molecule has 1 aliphatic rings. The summed E-state index contributed by atoms with van der Waals surface area (Å²) in [6.45, 7) is 4.98. The van der Waals surface area contributed by atoms with Crippen LogP contribution >= 0.6 is 0 Å². The molecule has 128 valence electrons. The van der Waals surface area contributed by atoms with Gasteiger partial charge in [0.2, 0.25) is 5.91 Å². The molecule has 1 aliphatic heterocycles. The number of hydrogen-bond acceptors (Lipinski definition) is 4. The molecule has 5 heteroatoms. The molecule has 1 amide bonds. The van der Waals surface area contributed by atoms with Crippen molar-refractivity contribution in [2.75, 3.05) is 6.54 Å². The summed E-state index contributed by atoms with van der Waals surface area (Å²) >= 11 is 0. The van der Waals surface area contributed by atoms with Crippen molar-refractivity contribution in [1.82, 2.24) is 10.2 Å². The van der Waals surface area contributed by atoms with E-state index in [1.54, 1.807) is 11.1 Å². The second kappa shape index (κ2) is 9.01. The van der Waals surface area contributed by atoms with Crippen LogP contribution in [0.3, 0.4) is 0 Å². The maximum atomic E-state index is 12.8. The molecule has 0 radical (unpaired) electrons. The maximum absolute atomic E-state index is 12.8. The van der Waals surface area contributed by atoms with Crippen molar-refractivity contribution in [2.24, 2.45) is 11.1 Å². The highest BCUT2D eigenvalue weighted by Gasteiger charge is 2.26. The van der Waals surface area contributed by atoms with Crippen LogP contribution in [0.1, 0.15) is 44.7 Å². The Morgan fingerprint density at radius 1 is 1.33 bits per heavy atom. The number of amides is 1. The lowest BCUT2D eigenvalue weighted by Crippen LogP contribution is -2.37. The number of allylic oxidation sites excluding steroid dienone is 1. The Balaban J connectivity index is 2.16. The lowest BCUT2D eigenvalue weighted by atomic mass is 10.0. The highest BCUT2D eigenvalue weighted by atomic mass is 16.3. The van der Waals surface area contributed by atoms with Crippen LogP contribution in [0, 0.1) is 10.8 Å². The number of carbonyl (C=O) groups is 1. The Morgan fingerprint density at radius 2 is 2.08 bits per heavy atom. The summed E-state index contributed by atoms with van der Waals surface area (Å²) in [4.78, 5) is 25.4. The van der Waals surface area contributed by atoms with Crippen LogP contribution in [0.4, 0.5) is 0 Å². The monoisotopic (exact) mass is 327 g/mol. The van der Waals surface area contributed by atoms with Crippen molar-refractivity contribution in [3.63, 3.8) is 0 Å². The van der Waals surface area contributed by atoms with Gasteiger partial charge in [0.05, 0.1) is 0 Å². The van der Waals surface area contributed by atoms with Gasteiger partial charge in [-0.1, -0.05) is 56.7 Å². The van der Waals surface area contributed by atoms with E-state index in [-0.39, 0.29) is 5.91 Å². The summed E-state index contributed by atoms with van der Waals surface area (Å²) < 4.78 is 0. The molecular formula is C19H25N3O2. The van der Waals surface area contributed by atoms with E-state index < -0.39 is 6.04 Å². The predicted molar refractivity (Wildman–Crippen MR) is 95.7 cm³/mol. The van der Waals surface area contributed by atoms with Gasteiger partial charge < -0.3 is 10.2 Å². The fourth-order valence-electron chi connectivity index (χ4n) is 2.62. The smallest absolute Gasteiger partial charge is 0.247 e. The second-order valence-electron chi connectivity index (χ2n) is 6.15. The lowest BCUT2D eigenvalue weighted by Gasteiger charge is -2.29. The number of hydrogen-bond donors (Lipinski definition) is 1. The Morgan fingerprint density at radius 3 is 2.75 bits per heavy atom. The lowest BCUT2D eigenvalue weighted by molar-refractivity contribution is -0.125. The Labute approximate surface area is 143 Å². The van der Waals surface area contributed by atoms with Gasteiger partial charge in [-0.05, 0) is 23.1 Å². The van der Waals surface area contributed by atoms with Gasteiger partial charge in [-0.3, -0.25) is 4.79 Å². The number of nitrogens with zero attached hydrogens (tertiary/aromatic N) is 2. The zero-order valence-corrected chi connectivity index (χ0v) is 14.3. The second-order valence-corrected chi connectivity index (χ2v) is 6.15. The molecule has 0 saturated heterocycles. The Hall–Kier alpha value is -2.43. The van der Waals surface area contributed by atoms with Crippen LogP contribution < -0.4 is 5.32 Å². The van der Waals surface area contributed by atoms with Crippen LogP contribution in [-0.2, 0) is 4.79 Å². The van der Waals surface area contributed by atoms with E-state index in [9.17, 15) is 9.70 Å². The first-order valence-corrected chi connectivity index (χ1v) is 8.46. The molecule has 2 rings (SSSR count). The van der Waals surface area contributed by atoms with Crippen molar-refractivity contribution in [1.29, 1.82) is 0 Å². The largest absolute Gasteiger partial charge is 0.354 e. The number of nitroso groups, excluding NO2 is 1. The van der Waals surface area contributed by atoms with Crippen LogP contribution in [0.5, 0.6) is 0 Å². The first-order valence-electron chi connectivity index (χ1n) is 8.46. The Bertz CT molecular complexity index is 610. The third kappa shape index (κ3) is 4.78. The number of nitrogens with one attached hydrogen (secondary N) is 1. The minimum atomic E-state index is -0.503. The minimum Gasteiger partial charge on any atom is -0.354 e. The van der Waals surface area contributed by atoms with Gasteiger partial charge >= 0.3 is 0 Å². The van der Waals surface area contributed by atoms with Gasteiger partial charge in [0, 0.05) is 25.4 Å². The zero-order chi connectivity index (χ0) is 17.4. The van der Waals surface area contributed by atoms with Gasteiger partial charge in [0.1, 0.15) is 11.7 Å². The molecule has 0 fully saturated rings. The fraction of sp³-hybridized carbons (Fsp3) is 0.421. The molecule has 2 unspecified atom stereocenters. The summed E-state index contributed by atoms with van der Waals surface area (Å²) in [6.07, 6.45) is 7.89. The van der Waals surface area contributed by atoms with E-state index in [4.69, 9.17) is 0 Å². The van der Waals surface area contributed by atoms with E-state index >= 15 is 0 Å². The number of benzene rings is 1. The van der Waals surface area contributed by atoms with Gasteiger partial charge in [0.15, 0.2) is 0 Å². The minimum absolute atomic E-state index is 0.0717. The van der Waals surface area contributed by atoms with Crippen molar-refractivity contribution in [2.45, 2.75) is 39.2 Å². The molecule has 0 saturated carbocycles. The summed E-state index contributed by atoms with van der Waals surface area (Å²) in [6, 6.07) is 9.07. The summed E-state index contributed by atoms with van der Waals surface area (Å²) in [5, 5.41) is 6.04. The van der Waals surface area contributed by atoms with Gasteiger partial charge in [-0.2, -0.15) is 0 Å². The number of carbonyl (C=O) groups excluding carboxylic acids is 1. The first kappa shape index (κ1) is 17.9. The molecule has 1 aromatic carbocycles. The molecule has 5 nitrogen and oxygen atoms in total. The van der Waals surface area contributed by atoms with Crippen molar-refractivity contribution < 1.29 is 4.79 Å². The van der Waals surface area contributed by atoms with E-state index in [1.165, 1.54) is 0 Å². The van der Waals surface area contributed by atoms with E-state index in [1.807, 2.05) is 42.6 Å². The summed E-state index contributed by atoms with van der Waals surface area (Å²) in [5.41, 5.74) is 1.30. The quantitative estimate of drug-likeness (QED) is 0.731. The number of rotatable bonds is 8. The molecule has 24 heavy (non-hydrogen) atoms. The van der Waals surface area contributed by atoms with Crippen LogP contribution in [0.2, 0.25) is 0 Å². The molecule has 1 aromatic rings. The van der Waals surface area contributed by atoms with Gasteiger partial charge in [0.25, 0.3) is 0 Å². The summed E-state index contributed by atoms with van der Waals surface area (Å²) in [5.74, 6) is 0.513. The fourth-order valence-corrected chi connectivity index (χ4v) is 2.62. The van der Waals surface area contributed by atoms with E-state index in [0.717, 1.165) is 18.4 Å². The van der Waals surface area contributed by atoms with Crippen molar-refractivity contribution >= 4 is 5.91 Å². The third-order valence-electron chi connectivity index (χ3n) is 4.31. The predicted octanol–water partition coefficient (Wildman–Crippen LogP) is 4.11. The molecule has 2 atom stereocenters. The molecule has 1 N–H and O–H groups in total. The standard InChI is InChI=1S/C19H25N3O2/c1-3-15(2)11-12-20-19(23)18(16-8-5-4-6-9-16)22-13-7-10-17(14-22)21-24/h4-9,13-15,18H,3,10-12H2,1-2H3,(H,20,23). The first-order chi connectivity index (χ1) is 11.7. The van der Waals surface area contributed by atoms with Crippen molar-refractivity contribution in [3.8, 4) is 0 Å².